The summed E-state index contributed by atoms with van der Waals surface area (Å²) in [5.41, 5.74) is 5.36. The Bertz CT molecular complexity index is 354. The lowest BCUT2D eigenvalue weighted by Crippen LogP contribution is -1.96. The molecule has 0 radical (unpaired) electrons. The predicted octanol–water partition coefficient (Wildman–Crippen LogP) is 1.84. The van der Waals surface area contributed by atoms with Crippen LogP contribution < -0.4 is 10.5 Å². The zero-order valence-electron chi connectivity index (χ0n) is 6.78. The molecule has 0 saturated carbocycles. The quantitative estimate of drug-likeness (QED) is 0.451. The average Bonchev–Trinajstić information content (AvgIpc) is 2.08. The monoisotopic (exact) mass is 202 g/mol. The predicted molar refractivity (Wildman–Crippen MR) is 49.1 cm³/mol. The first-order valence-electron chi connectivity index (χ1n) is 3.33. The number of anilines is 1. The van der Waals surface area contributed by atoms with E-state index >= 15 is 0 Å². The zero-order valence-corrected chi connectivity index (χ0v) is 7.54. The second-order valence-corrected chi connectivity index (χ2v) is 2.71. The third kappa shape index (κ3) is 1.81. The van der Waals surface area contributed by atoms with Crippen LogP contribution in [0.2, 0.25) is 5.02 Å². The van der Waals surface area contributed by atoms with E-state index < -0.39 is 4.92 Å². The lowest BCUT2D eigenvalue weighted by molar-refractivity contribution is -0.385. The van der Waals surface area contributed by atoms with Gasteiger partial charge in [0.15, 0.2) is 5.75 Å². The summed E-state index contributed by atoms with van der Waals surface area (Å²) in [4.78, 5) is 9.89. The Morgan fingerprint density at radius 2 is 2.23 bits per heavy atom. The van der Waals surface area contributed by atoms with Crippen LogP contribution in [0, 0.1) is 10.1 Å². The number of halogens is 1. The molecule has 5 nitrogen and oxygen atoms in total. The third-order valence-corrected chi connectivity index (χ3v) is 1.82. The van der Waals surface area contributed by atoms with E-state index in [2.05, 4.69) is 0 Å². The molecule has 0 aliphatic rings. The summed E-state index contributed by atoms with van der Waals surface area (Å²) < 4.78 is 4.76. The highest BCUT2D eigenvalue weighted by Gasteiger charge is 2.16. The van der Waals surface area contributed by atoms with Crippen molar-refractivity contribution < 1.29 is 9.66 Å². The van der Waals surface area contributed by atoms with Crippen molar-refractivity contribution >= 4 is 23.0 Å². The Labute approximate surface area is 79.2 Å². The minimum Gasteiger partial charge on any atom is -0.490 e. The maximum Gasteiger partial charge on any atom is 0.313 e. The fourth-order valence-electron chi connectivity index (χ4n) is 0.866. The van der Waals surface area contributed by atoms with Gasteiger partial charge >= 0.3 is 5.69 Å². The summed E-state index contributed by atoms with van der Waals surface area (Å²) in [6, 6.07) is 2.48. The van der Waals surface area contributed by atoms with Crippen molar-refractivity contribution in [2.75, 3.05) is 12.8 Å². The molecule has 1 rings (SSSR count). The number of nitro benzene ring substituents is 1. The Morgan fingerprint density at radius 3 is 2.69 bits per heavy atom. The van der Waals surface area contributed by atoms with Crippen LogP contribution in [-0.4, -0.2) is 12.0 Å². The molecule has 0 aliphatic heterocycles. The number of nitrogens with two attached hydrogens (primary N) is 1. The van der Waals surface area contributed by atoms with E-state index in [-0.39, 0.29) is 22.1 Å². The highest BCUT2D eigenvalue weighted by atomic mass is 35.5. The van der Waals surface area contributed by atoms with Crippen molar-refractivity contribution in [3.05, 3.63) is 27.3 Å². The maximum atomic E-state index is 10.5. The van der Waals surface area contributed by atoms with E-state index in [4.69, 9.17) is 22.1 Å². The molecule has 0 spiro atoms. The number of hydrogen-bond donors (Lipinski definition) is 1. The number of ether oxygens (including phenoxy) is 1. The van der Waals surface area contributed by atoms with Gasteiger partial charge in [-0.2, -0.15) is 0 Å². The van der Waals surface area contributed by atoms with Crippen LogP contribution in [0.1, 0.15) is 0 Å². The fraction of sp³-hybridized carbons (Fsp3) is 0.143. The lowest BCUT2D eigenvalue weighted by Gasteiger charge is -2.03. The minimum absolute atomic E-state index is 0.101. The Kier molecular flexibility index (Phi) is 2.57. The molecule has 0 fully saturated rings. The molecule has 0 amide bonds. The van der Waals surface area contributed by atoms with Gasteiger partial charge in [0.2, 0.25) is 0 Å². The largest absolute Gasteiger partial charge is 0.490 e. The molecule has 6 heteroatoms. The van der Waals surface area contributed by atoms with Crippen LogP contribution in [0.3, 0.4) is 0 Å². The maximum absolute atomic E-state index is 10.5. The van der Waals surface area contributed by atoms with Crippen molar-refractivity contribution in [2.45, 2.75) is 0 Å². The average molecular weight is 203 g/mol. The van der Waals surface area contributed by atoms with Crippen LogP contribution in [0.15, 0.2) is 12.1 Å². The summed E-state index contributed by atoms with van der Waals surface area (Å²) in [7, 11) is 1.33. The number of nitro groups is 1. The molecule has 13 heavy (non-hydrogen) atoms. The van der Waals surface area contributed by atoms with Gasteiger partial charge in [-0.25, -0.2) is 0 Å². The summed E-state index contributed by atoms with van der Waals surface area (Å²) in [6.07, 6.45) is 0. The van der Waals surface area contributed by atoms with Gasteiger partial charge in [-0.3, -0.25) is 10.1 Å². The van der Waals surface area contributed by atoms with E-state index in [1.807, 2.05) is 0 Å². The first-order valence-corrected chi connectivity index (χ1v) is 3.71. The highest BCUT2D eigenvalue weighted by Crippen LogP contribution is 2.33. The molecule has 2 N–H and O–H groups in total. The Balaban J connectivity index is 3.33. The number of nitrogen functional groups attached to an aromatic ring is 1. The van der Waals surface area contributed by atoms with Gasteiger partial charge in [0.25, 0.3) is 0 Å². The highest BCUT2D eigenvalue weighted by molar-refractivity contribution is 6.33. The second-order valence-electron chi connectivity index (χ2n) is 2.30. The molecule has 1 aromatic rings. The van der Waals surface area contributed by atoms with Gasteiger partial charge in [0.1, 0.15) is 0 Å². The number of methoxy groups -OCH3 is 1. The van der Waals surface area contributed by atoms with E-state index in [0.717, 1.165) is 0 Å². The summed E-state index contributed by atoms with van der Waals surface area (Å²) in [5, 5.41) is 10.7. The number of benzene rings is 1. The lowest BCUT2D eigenvalue weighted by atomic mass is 10.2. The topological polar surface area (TPSA) is 78.4 Å². The van der Waals surface area contributed by atoms with Crippen molar-refractivity contribution in [3.8, 4) is 5.75 Å². The van der Waals surface area contributed by atoms with E-state index in [9.17, 15) is 10.1 Å². The van der Waals surface area contributed by atoms with Crippen molar-refractivity contribution in [1.29, 1.82) is 0 Å². The van der Waals surface area contributed by atoms with Crippen LogP contribution in [0.5, 0.6) is 5.75 Å². The Morgan fingerprint density at radius 1 is 1.62 bits per heavy atom. The van der Waals surface area contributed by atoms with Gasteiger partial charge in [-0.05, 0) is 0 Å². The SMILES string of the molecule is COc1cc(Cl)c(N)cc1[N+](=O)[O-]. The smallest absolute Gasteiger partial charge is 0.313 e. The van der Waals surface area contributed by atoms with Gasteiger partial charge < -0.3 is 10.5 Å². The first-order chi connectivity index (χ1) is 6.06. The van der Waals surface area contributed by atoms with Crippen LogP contribution in [0.4, 0.5) is 11.4 Å². The van der Waals surface area contributed by atoms with Crippen molar-refractivity contribution in [3.63, 3.8) is 0 Å². The second kappa shape index (κ2) is 3.49. The molecular formula is C7H7ClN2O3. The van der Waals surface area contributed by atoms with E-state index in [0.29, 0.717) is 0 Å². The molecular weight excluding hydrogens is 196 g/mol. The number of nitrogens with zero attached hydrogens (tertiary/aromatic N) is 1. The number of rotatable bonds is 2. The van der Waals surface area contributed by atoms with Crippen molar-refractivity contribution in [1.82, 2.24) is 0 Å². The fourth-order valence-corrected chi connectivity index (χ4v) is 1.02. The van der Waals surface area contributed by atoms with E-state index in [1.54, 1.807) is 0 Å². The van der Waals surface area contributed by atoms with Gasteiger partial charge in [-0.15, -0.1) is 0 Å². The van der Waals surface area contributed by atoms with Crippen molar-refractivity contribution in [2.24, 2.45) is 0 Å². The molecule has 70 valence electrons. The third-order valence-electron chi connectivity index (χ3n) is 1.49. The first kappa shape index (κ1) is 9.60. The van der Waals surface area contributed by atoms with Gasteiger partial charge in [-0.1, -0.05) is 11.6 Å². The van der Waals surface area contributed by atoms with E-state index in [1.165, 1.54) is 19.2 Å². The summed E-state index contributed by atoms with van der Waals surface area (Å²) >= 11 is 5.64. The summed E-state index contributed by atoms with van der Waals surface area (Å²) in [6.45, 7) is 0. The van der Waals surface area contributed by atoms with Crippen LogP contribution >= 0.6 is 11.6 Å². The standard InChI is InChI=1S/C7H7ClN2O3/c1-13-7-2-4(8)5(9)3-6(7)10(11)12/h2-3H,9H2,1H3. The molecule has 0 atom stereocenters. The number of hydrogen-bond acceptors (Lipinski definition) is 4. The molecule has 0 saturated heterocycles. The summed E-state index contributed by atoms with van der Waals surface area (Å²) in [5.74, 6) is 0.101. The molecule has 0 heterocycles. The molecule has 1 aromatic carbocycles. The Hall–Kier alpha value is -1.49. The minimum atomic E-state index is -0.578. The van der Waals surface area contributed by atoms with Crippen LogP contribution in [0.25, 0.3) is 0 Å². The molecule has 0 aliphatic carbocycles. The zero-order chi connectivity index (χ0) is 10.0. The van der Waals surface area contributed by atoms with Gasteiger partial charge in [0.05, 0.1) is 22.7 Å². The normalized spacial score (nSPS) is 9.69. The van der Waals surface area contributed by atoms with Gasteiger partial charge in [0, 0.05) is 12.1 Å². The molecule has 0 unspecified atom stereocenters. The van der Waals surface area contributed by atoms with Crippen LogP contribution in [-0.2, 0) is 0 Å². The molecule has 0 aromatic heterocycles. The molecule has 0 bridgehead atoms.